The maximum Gasteiger partial charge on any atom is 0.340 e. The number of ether oxygens (including phenoxy) is 2. The maximum absolute atomic E-state index is 11.8. The molecule has 0 heterocycles. The molecule has 4 aromatic carbocycles. The number of hydrogen-bond acceptors (Lipinski definition) is 6. The predicted octanol–water partition coefficient (Wildman–Crippen LogP) is 5.65. The van der Waals surface area contributed by atoms with Crippen LogP contribution in [0.1, 0.15) is 52.6 Å². The van der Waals surface area contributed by atoms with E-state index in [0.717, 1.165) is 0 Å². The molecule has 0 amide bonds. The van der Waals surface area contributed by atoms with Crippen molar-refractivity contribution in [3.63, 3.8) is 0 Å². The van der Waals surface area contributed by atoms with Crippen molar-refractivity contribution in [1.82, 2.24) is 0 Å². The first kappa shape index (κ1) is 26.4. The van der Waals surface area contributed by atoms with Crippen LogP contribution in [0.4, 0.5) is 0 Å². The molecule has 0 spiro atoms. The van der Waals surface area contributed by atoms with Gasteiger partial charge in [-0.05, 0) is 47.5 Å². The van der Waals surface area contributed by atoms with Crippen molar-refractivity contribution < 1.29 is 49.1 Å². The summed E-state index contributed by atoms with van der Waals surface area (Å²) in [4.78, 5) is 46.8. The third-order valence-electron chi connectivity index (χ3n) is 5.71. The van der Waals surface area contributed by atoms with Crippen molar-refractivity contribution in [3.05, 3.63) is 118 Å². The van der Waals surface area contributed by atoms with E-state index in [-0.39, 0.29) is 29.4 Å². The molecule has 0 aromatic heterocycles. The second kappa shape index (κ2) is 11.2. The SMILES string of the molecule is O=C(O)c1cccc(Oc2ccccc2Cc2ccccc2Oc2cccc(C(=O)O)c2C(=O)O)c1C(=O)O. The Hall–Kier alpha value is -5.64. The topological polar surface area (TPSA) is 168 Å². The van der Waals surface area contributed by atoms with Crippen LogP contribution in [0.15, 0.2) is 84.9 Å². The third kappa shape index (κ3) is 5.70. The number of aromatic carboxylic acids is 4. The van der Waals surface area contributed by atoms with E-state index >= 15 is 0 Å². The molecule has 0 aliphatic carbocycles. The summed E-state index contributed by atoms with van der Waals surface area (Å²) in [5, 5.41) is 38.1. The van der Waals surface area contributed by atoms with E-state index < -0.39 is 46.1 Å². The van der Waals surface area contributed by atoms with Crippen molar-refractivity contribution in [3.8, 4) is 23.0 Å². The van der Waals surface area contributed by atoms with Gasteiger partial charge in [0.15, 0.2) is 0 Å². The zero-order valence-electron chi connectivity index (χ0n) is 20.0. The van der Waals surface area contributed by atoms with Gasteiger partial charge in [0.2, 0.25) is 0 Å². The molecule has 4 aromatic rings. The van der Waals surface area contributed by atoms with Crippen molar-refractivity contribution in [2.24, 2.45) is 0 Å². The number of carboxylic acids is 4. The highest BCUT2D eigenvalue weighted by atomic mass is 16.5. The molecule has 10 heteroatoms. The minimum atomic E-state index is -1.46. The van der Waals surface area contributed by atoms with Gasteiger partial charge in [0, 0.05) is 6.42 Å². The molecular formula is C29H20O10. The van der Waals surface area contributed by atoms with Crippen LogP contribution in [-0.2, 0) is 6.42 Å². The van der Waals surface area contributed by atoms with Gasteiger partial charge in [0.25, 0.3) is 0 Å². The van der Waals surface area contributed by atoms with Gasteiger partial charge in [0.05, 0.1) is 11.1 Å². The second-order valence-electron chi connectivity index (χ2n) is 8.17. The Morgan fingerprint density at radius 3 is 1.18 bits per heavy atom. The van der Waals surface area contributed by atoms with Gasteiger partial charge in [-0.25, -0.2) is 19.2 Å². The van der Waals surface area contributed by atoms with E-state index in [1.165, 1.54) is 36.4 Å². The first-order chi connectivity index (χ1) is 18.7. The van der Waals surface area contributed by atoms with Gasteiger partial charge < -0.3 is 29.9 Å². The average Bonchev–Trinajstić information content (AvgIpc) is 2.90. The molecule has 39 heavy (non-hydrogen) atoms. The Morgan fingerprint density at radius 2 is 0.821 bits per heavy atom. The molecule has 0 unspecified atom stereocenters. The van der Waals surface area contributed by atoms with Crippen LogP contribution in [0.3, 0.4) is 0 Å². The van der Waals surface area contributed by atoms with Gasteiger partial charge in [-0.3, -0.25) is 0 Å². The lowest BCUT2D eigenvalue weighted by Gasteiger charge is -2.16. The van der Waals surface area contributed by atoms with E-state index in [1.54, 1.807) is 48.5 Å². The van der Waals surface area contributed by atoms with Crippen LogP contribution in [-0.4, -0.2) is 44.3 Å². The summed E-state index contributed by atoms with van der Waals surface area (Å²) in [5.41, 5.74) is -0.666. The molecule has 10 nitrogen and oxygen atoms in total. The van der Waals surface area contributed by atoms with Crippen LogP contribution >= 0.6 is 0 Å². The van der Waals surface area contributed by atoms with Crippen molar-refractivity contribution in [1.29, 1.82) is 0 Å². The fraction of sp³-hybridized carbons (Fsp3) is 0.0345. The fourth-order valence-electron chi connectivity index (χ4n) is 3.97. The number of carboxylic acid groups (broad SMARTS) is 4. The minimum absolute atomic E-state index is 0.157. The number of benzene rings is 4. The van der Waals surface area contributed by atoms with Gasteiger partial charge in [-0.15, -0.1) is 0 Å². The summed E-state index contributed by atoms with van der Waals surface area (Å²) < 4.78 is 11.8. The van der Waals surface area contributed by atoms with Gasteiger partial charge in [-0.1, -0.05) is 48.5 Å². The fourth-order valence-corrected chi connectivity index (χ4v) is 3.97. The van der Waals surface area contributed by atoms with Crippen LogP contribution in [0, 0.1) is 0 Å². The number of para-hydroxylation sites is 2. The standard InChI is InChI=1S/C29H20O10/c30-26(31)18-9-5-13-22(24(18)28(34)35)38-20-11-3-1-7-16(20)15-17-8-2-4-12-21(17)39-23-14-6-10-19(27(32)33)25(23)29(36)37/h1-14H,15H2,(H,30,31)(H,32,33)(H,34,35)(H,36,37). The molecule has 0 bridgehead atoms. The first-order valence-corrected chi connectivity index (χ1v) is 11.4. The Balaban J connectivity index is 1.71. The normalized spacial score (nSPS) is 10.5. The Bertz CT molecular complexity index is 1490. The second-order valence-corrected chi connectivity index (χ2v) is 8.17. The van der Waals surface area contributed by atoms with Crippen molar-refractivity contribution >= 4 is 23.9 Å². The van der Waals surface area contributed by atoms with Crippen LogP contribution in [0.25, 0.3) is 0 Å². The lowest BCUT2D eigenvalue weighted by atomic mass is 10.0. The summed E-state index contributed by atoms with van der Waals surface area (Å²) >= 11 is 0. The summed E-state index contributed by atoms with van der Waals surface area (Å²) in [6.45, 7) is 0. The monoisotopic (exact) mass is 528 g/mol. The molecule has 196 valence electrons. The maximum atomic E-state index is 11.8. The molecular weight excluding hydrogens is 508 g/mol. The smallest absolute Gasteiger partial charge is 0.340 e. The third-order valence-corrected chi connectivity index (χ3v) is 5.71. The van der Waals surface area contributed by atoms with E-state index in [0.29, 0.717) is 11.1 Å². The van der Waals surface area contributed by atoms with Crippen LogP contribution < -0.4 is 9.47 Å². The van der Waals surface area contributed by atoms with E-state index in [9.17, 15) is 39.6 Å². The average molecular weight is 528 g/mol. The minimum Gasteiger partial charge on any atom is -0.478 e. The van der Waals surface area contributed by atoms with Crippen LogP contribution in [0.5, 0.6) is 23.0 Å². The van der Waals surface area contributed by atoms with E-state index in [2.05, 4.69) is 0 Å². The summed E-state index contributed by atoms with van der Waals surface area (Å²) in [7, 11) is 0. The molecule has 0 radical (unpaired) electrons. The summed E-state index contributed by atoms with van der Waals surface area (Å²) in [6.07, 6.45) is 0.189. The molecule has 4 N–H and O–H groups in total. The highest BCUT2D eigenvalue weighted by Crippen LogP contribution is 2.35. The summed E-state index contributed by atoms with van der Waals surface area (Å²) in [6, 6.07) is 21.2. The number of hydrogen-bond donors (Lipinski definition) is 4. The van der Waals surface area contributed by atoms with Crippen molar-refractivity contribution in [2.45, 2.75) is 6.42 Å². The molecule has 0 aliphatic rings. The lowest BCUT2D eigenvalue weighted by molar-refractivity contribution is 0.0649. The Labute approximate surface area is 220 Å². The van der Waals surface area contributed by atoms with E-state index in [1.807, 2.05) is 0 Å². The summed E-state index contributed by atoms with van der Waals surface area (Å²) in [5.74, 6) is -5.54. The number of carbonyl (C=O) groups is 4. The van der Waals surface area contributed by atoms with Crippen molar-refractivity contribution in [2.75, 3.05) is 0 Å². The van der Waals surface area contributed by atoms with Gasteiger partial charge >= 0.3 is 23.9 Å². The first-order valence-electron chi connectivity index (χ1n) is 11.4. The van der Waals surface area contributed by atoms with Crippen LogP contribution in [0.2, 0.25) is 0 Å². The highest BCUT2D eigenvalue weighted by Gasteiger charge is 2.24. The predicted molar refractivity (Wildman–Crippen MR) is 137 cm³/mol. The molecule has 0 fully saturated rings. The van der Waals surface area contributed by atoms with E-state index in [4.69, 9.17) is 9.47 Å². The largest absolute Gasteiger partial charge is 0.478 e. The molecule has 0 aliphatic heterocycles. The van der Waals surface area contributed by atoms with Gasteiger partial charge in [-0.2, -0.15) is 0 Å². The Morgan fingerprint density at radius 1 is 0.462 bits per heavy atom. The lowest BCUT2D eigenvalue weighted by Crippen LogP contribution is -2.10. The molecule has 0 atom stereocenters. The molecule has 0 saturated carbocycles. The zero-order chi connectivity index (χ0) is 28.1. The number of rotatable bonds is 10. The molecule has 0 saturated heterocycles. The zero-order valence-corrected chi connectivity index (χ0v) is 20.0. The molecule has 4 rings (SSSR count). The quantitative estimate of drug-likeness (QED) is 0.202. The highest BCUT2D eigenvalue weighted by molar-refractivity contribution is 6.04. The Kier molecular flexibility index (Phi) is 7.57. The van der Waals surface area contributed by atoms with Gasteiger partial charge in [0.1, 0.15) is 34.1 Å².